The fourth-order valence-electron chi connectivity index (χ4n) is 5.11. The summed E-state index contributed by atoms with van der Waals surface area (Å²) in [7, 11) is 0. The van der Waals surface area contributed by atoms with E-state index in [9.17, 15) is 0 Å². The molecule has 0 amide bonds. The molecule has 2 aromatic heterocycles. The summed E-state index contributed by atoms with van der Waals surface area (Å²) in [6.07, 6.45) is 0. The van der Waals surface area contributed by atoms with Crippen molar-refractivity contribution in [3.8, 4) is 22.5 Å². The van der Waals surface area contributed by atoms with E-state index in [1.807, 2.05) is 0 Å². The van der Waals surface area contributed by atoms with Gasteiger partial charge < -0.3 is 9.97 Å². The molecule has 0 atom stereocenters. The third-order valence-corrected chi connectivity index (χ3v) is 6.76. The SMILES string of the molecule is c1ccc(-c2ccc(C(c3ccccc3)(c3ccccc3)c3ccc(-c4ccccc4)[nH]3)[nH]2)cc1. The third-order valence-electron chi connectivity index (χ3n) is 6.76. The Morgan fingerprint density at radius 2 is 0.686 bits per heavy atom. The van der Waals surface area contributed by atoms with Crippen LogP contribution in [0.15, 0.2) is 146 Å². The highest BCUT2D eigenvalue weighted by molar-refractivity contribution is 5.66. The van der Waals surface area contributed by atoms with Crippen LogP contribution in [0.1, 0.15) is 22.5 Å². The molecule has 0 aliphatic carbocycles. The van der Waals surface area contributed by atoms with Crippen molar-refractivity contribution in [3.05, 3.63) is 168 Å². The van der Waals surface area contributed by atoms with Crippen molar-refractivity contribution < 1.29 is 0 Å². The number of benzene rings is 4. The highest BCUT2D eigenvalue weighted by Gasteiger charge is 2.40. The van der Waals surface area contributed by atoms with Gasteiger partial charge in [-0.2, -0.15) is 0 Å². The molecule has 0 radical (unpaired) electrons. The van der Waals surface area contributed by atoms with Gasteiger partial charge in [0.2, 0.25) is 0 Å². The highest BCUT2D eigenvalue weighted by Crippen LogP contribution is 2.45. The maximum atomic E-state index is 3.79. The highest BCUT2D eigenvalue weighted by atomic mass is 14.8. The summed E-state index contributed by atoms with van der Waals surface area (Å²) in [5.74, 6) is 0. The molecule has 2 N–H and O–H groups in total. The van der Waals surface area contributed by atoms with Crippen molar-refractivity contribution in [2.24, 2.45) is 0 Å². The van der Waals surface area contributed by atoms with Gasteiger partial charge in [-0.3, -0.25) is 0 Å². The van der Waals surface area contributed by atoms with Gasteiger partial charge in [0.1, 0.15) is 5.41 Å². The number of H-pyrrole nitrogens is 2. The van der Waals surface area contributed by atoms with Crippen LogP contribution in [-0.4, -0.2) is 9.97 Å². The van der Waals surface area contributed by atoms with Crippen molar-refractivity contribution in [3.63, 3.8) is 0 Å². The first-order valence-corrected chi connectivity index (χ1v) is 12.0. The van der Waals surface area contributed by atoms with Crippen LogP contribution >= 0.6 is 0 Å². The quantitative estimate of drug-likeness (QED) is 0.257. The topological polar surface area (TPSA) is 31.6 Å². The summed E-state index contributed by atoms with van der Waals surface area (Å²) in [6.45, 7) is 0. The van der Waals surface area contributed by atoms with Crippen LogP contribution in [0.25, 0.3) is 22.5 Å². The molecule has 0 unspecified atom stereocenters. The number of aromatic amines is 2. The number of hydrogen-bond donors (Lipinski definition) is 2. The second kappa shape index (κ2) is 9.00. The summed E-state index contributed by atoms with van der Waals surface area (Å²) in [5, 5.41) is 0. The van der Waals surface area contributed by atoms with Crippen molar-refractivity contribution >= 4 is 0 Å². The number of aromatic nitrogens is 2. The maximum absolute atomic E-state index is 3.79. The first kappa shape index (κ1) is 21.0. The molecule has 4 aromatic carbocycles. The predicted molar refractivity (Wildman–Crippen MR) is 144 cm³/mol. The van der Waals surface area contributed by atoms with Gasteiger partial charge in [-0.15, -0.1) is 0 Å². The van der Waals surface area contributed by atoms with Gasteiger partial charge in [0, 0.05) is 22.8 Å². The lowest BCUT2D eigenvalue weighted by Gasteiger charge is -2.34. The average molecular weight is 451 g/mol. The van der Waals surface area contributed by atoms with E-state index in [1.165, 1.54) is 22.3 Å². The van der Waals surface area contributed by atoms with Crippen LogP contribution < -0.4 is 0 Å². The molecule has 0 saturated heterocycles. The summed E-state index contributed by atoms with van der Waals surface area (Å²) in [4.78, 5) is 7.59. The Morgan fingerprint density at radius 3 is 1.06 bits per heavy atom. The maximum Gasteiger partial charge on any atom is 0.100 e. The van der Waals surface area contributed by atoms with Crippen LogP contribution in [0.2, 0.25) is 0 Å². The lowest BCUT2D eigenvalue weighted by molar-refractivity contribution is 0.700. The Hall–Kier alpha value is -4.56. The number of hydrogen-bond acceptors (Lipinski definition) is 0. The molecular formula is C33H26N2. The van der Waals surface area contributed by atoms with Gasteiger partial charge in [0.15, 0.2) is 0 Å². The smallest absolute Gasteiger partial charge is 0.100 e. The molecule has 2 heteroatoms. The fourth-order valence-corrected chi connectivity index (χ4v) is 5.11. The molecule has 6 rings (SSSR count). The molecule has 0 spiro atoms. The zero-order chi connectivity index (χ0) is 23.5. The summed E-state index contributed by atoms with van der Waals surface area (Å²) in [6, 6.07) is 51.3. The summed E-state index contributed by atoms with van der Waals surface area (Å²) in [5.41, 5.74) is 8.66. The Bertz CT molecular complexity index is 1390. The van der Waals surface area contributed by atoms with Crippen molar-refractivity contribution in [2.75, 3.05) is 0 Å². The minimum atomic E-state index is -0.539. The minimum absolute atomic E-state index is 0.539. The van der Waals surface area contributed by atoms with E-state index in [0.29, 0.717) is 0 Å². The van der Waals surface area contributed by atoms with E-state index in [-0.39, 0.29) is 0 Å². The standard InChI is InChI=1S/C33H26N2/c1-5-13-25(14-6-1)29-21-23-31(34-29)33(27-17-9-3-10-18-27,28-19-11-4-12-20-28)32-24-22-30(35-32)26-15-7-2-8-16-26/h1-24,34-35H. The second-order valence-corrected chi connectivity index (χ2v) is 8.79. The molecule has 168 valence electrons. The molecule has 2 nitrogen and oxygen atoms in total. The van der Waals surface area contributed by atoms with Crippen LogP contribution in [0.4, 0.5) is 0 Å². The third kappa shape index (κ3) is 3.70. The number of rotatable bonds is 6. The van der Waals surface area contributed by atoms with E-state index in [4.69, 9.17) is 0 Å². The van der Waals surface area contributed by atoms with Gasteiger partial charge in [-0.05, 0) is 46.5 Å². The van der Waals surface area contributed by atoms with E-state index in [0.717, 1.165) is 22.8 Å². The van der Waals surface area contributed by atoms with Crippen molar-refractivity contribution in [2.45, 2.75) is 5.41 Å². The largest absolute Gasteiger partial charge is 0.357 e. The summed E-state index contributed by atoms with van der Waals surface area (Å²) < 4.78 is 0. The Balaban J connectivity index is 1.62. The molecule has 0 aliphatic rings. The zero-order valence-electron chi connectivity index (χ0n) is 19.4. The minimum Gasteiger partial charge on any atom is -0.357 e. The lowest BCUT2D eigenvalue weighted by Crippen LogP contribution is -2.32. The second-order valence-electron chi connectivity index (χ2n) is 8.79. The average Bonchev–Trinajstić information content (AvgIpc) is 3.63. The van der Waals surface area contributed by atoms with Gasteiger partial charge >= 0.3 is 0 Å². The van der Waals surface area contributed by atoms with Crippen LogP contribution in [0.3, 0.4) is 0 Å². The van der Waals surface area contributed by atoms with Crippen LogP contribution in [0, 0.1) is 0 Å². The van der Waals surface area contributed by atoms with E-state index in [2.05, 4.69) is 156 Å². The Kier molecular flexibility index (Phi) is 5.40. The molecule has 0 fully saturated rings. The lowest BCUT2D eigenvalue weighted by atomic mass is 9.69. The van der Waals surface area contributed by atoms with Gasteiger partial charge in [0.25, 0.3) is 0 Å². The molecule has 6 aromatic rings. The molecular weight excluding hydrogens is 424 g/mol. The van der Waals surface area contributed by atoms with Crippen molar-refractivity contribution in [1.82, 2.24) is 9.97 Å². The van der Waals surface area contributed by atoms with Gasteiger partial charge in [-0.1, -0.05) is 121 Å². The number of nitrogens with one attached hydrogen (secondary N) is 2. The van der Waals surface area contributed by atoms with Crippen molar-refractivity contribution in [1.29, 1.82) is 0 Å². The molecule has 35 heavy (non-hydrogen) atoms. The Morgan fingerprint density at radius 1 is 0.343 bits per heavy atom. The van der Waals surface area contributed by atoms with E-state index < -0.39 is 5.41 Å². The van der Waals surface area contributed by atoms with E-state index in [1.54, 1.807) is 0 Å². The fraction of sp³-hybridized carbons (Fsp3) is 0.0303. The molecule has 0 aliphatic heterocycles. The first-order valence-electron chi connectivity index (χ1n) is 12.0. The van der Waals surface area contributed by atoms with Crippen LogP contribution in [-0.2, 0) is 5.41 Å². The molecule has 0 bridgehead atoms. The van der Waals surface area contributed by atoms with E-state index >= 15 is 0 Å². The molecule has 2 heterocycles. The van der Waals surface area contributed by atoms with Gasteiger partial charge in [-0.25, -0.2) is 0 Å². The van der Waals surface area contributed by atoms with Gasteiger partial charge in [0.05, 0.1) is 0 Å². The monoisotopic (exact) mass is 450 g/mol. The van der Waals surface area contributed by atoms with Crippen LogP contribution in [0.5, 0.6) is 0 Å². The Labute approximate surface area is 206 Å². The normalized spacial score (nSPS) is 11.4. The predicted octanol–water partition coefficient (Wildman–Crippen LogP) is 8.06. The molecule has 0 saturated carbocycles. The first-order chi connectivity index (χ1) is 17.4. The summed E-state index contributed by atoms with van der Waals surface area (Å²) >= 11 is 0. The zero-order valence-corrected chi connectivity index (χ0v) is 19.4.